The van der Waals surface area contributed by atoms with Crippen LogP contribution in [0.15, 0.2) is 11.0 Å². The Morgan fingerprint density at radius 3 is 2.46 bits per heavy atom. The lowest BCUT2D eigenvalue weighted by Gasteiger charge is -1.99. The molecule has 0 aliphatic carbocycles. The molecular formula is C9H17BrO2S. The van der Waals surface area contributed by atoms with E-state index in [9.17, 15) is 8.42 Å². The molecule has 0 aromatic rings. The molecule has 78 valence electrons. The first-order valence-corrected chi connectivity index (χ1v) is 7.27. The number of unbranched alkanes of at least 4 members (excludes halogenated alkanes) is 3. The van der Waals surface area contributed by atoms with Gasteiger partial charge in [-0.05, 0) is 19.8 Å². The van der Waals surface area contributed by atoms with Crippen molar-refractivity contribution in [1.29, 1.82) is 0 Å². The molecule has 0 aliphatic rings. The summed E-state index contributed by atoms with van der Waals surface area (Å²) in [6.45, 7) is 3.79. The normalized spacial score (nSPS) is 13.3. The summed E-state index contributed by atoms with van der Waals surface area (Å²) in [6.07, 6.45) is 6.08. The van der Waals surface area contributed by atoms with E-state index in [1.54, 1.807) is 6.92 Å². The molecule has 0 spiro atoms. The van der Waals surface area contributed by atoms with Crippen LogP contribution in [0.2, 0.25) is 0 Å². The molecule has 0 atom stereocenters. The van der Waals surface area contributed by atoms with Crippen molar-refractivity contribution >= 4 is 25.8 Å². The molecule has 0 amide bonds. The standard InChI is InChI=1S/C9H17BrO2S/c1-3-4-5-6-7-9(2)13(11,12)8-10/h7H,3-6,8H2,1-2H3. The van der Waals surface area contributed by atoms with Crippen LogP contribution in [0.25, 0.3) is 0 Å². The Bertz CT molecular complexity index is 255. The van der Waals surface area contributed by atoms with Crippen molar-refractivity contribution in [2.75, 3.05) is 4.66 Å². The van der Waals surface area contributed by atoms with Crippen LogP contribution in [0.4, 0.5) is 0 Å². The van der Waals surface area contributed by atoms with Gasteiger partial charge >= 0.3 is 0 Å². The van der Waals surface area contributed by atoms with Crippen LogP contribution >= 0.6 is 15.9 Å². The third-order valence-electron chi connectivity index (χ3n) is 1.87. The summed E-state index contributed by atoms with van der Waals surface area (Å²) in [5.74, 6) is 0. The van der Waals surface area contributed by atoms with Crippen LogP contribution in [0, 0.1) is 0 Å². The van der Waals surface area contributed by atoms with E-state index < -0.39 is 9.84 Å². The fourth-order valence-corrected chi connectivity index (χ4v) is 2.54. The van der Waals surface area contributed by atoms with Crippen LogP contribution in [0.1, 0.15) is 39.5 Å². The molecule has 0 aromatic carbocycles. The number of hydrogen-bond donors (Lipinski definition) is 0. The van der Waals surface area contributed by atoms with Gasteiger partial charge in [-0.3, -0.25) is 0 Å². The van der Waals surface area contributed by atoms with Crippen molar-refractivity contribution < 1.29 is 8.42 Å². The van der Waals surface area contributed by atoms with Gasteiger partial charge in [0.05, 0.1) is 0 Å². The first-order valence-electron chi connectivity index (χ1n) is 4.50. The second-order valence-corrected chi connectivity index (χ2v) is 6.50. The summed E-state index contributed by atoms with van der Waals surface area (Å²) < 4.78 is 22.5. The molecule has 0 radical (unpaired) electrons. The molecule has 0 aromatic heterocycles. The maximum absolute atomic E-state index is 11.2. The lowest BCUT2D eigenvalue weighted by molar-refractivity contribution is 0.606. The molecule has 4 heteroatoms. The van der Waals surface area contributed by atoms with Crippen molar-refractivity contribution in [3.8, 4) is 0 Å². The predicted octanol–water partition coefficient (Wildman–Crippen LogP) is 3.24. The lowest BCUT2D eigenvalue weighted by Crippen LogP contribution is -2.01. The van der Waals surface area contributed by atoms with E-state index >= 15 is 0 Å². The van der Waals surface area contributed by atoms with Crippen molar-refractivity contribution in [2.45, 2.75) is 39.5 Å². The van der Waals surface area contributed by atoms with E-state index in [2.05, 4.69) is 22.9 Å². The van der Waals surface area contributed by atoms with Gasteiger partial charge in [0.15, 0.2) is 9.84 Å². The Balaban J connectivity index is 4.03. The van der Waals surface area contributed by atoms with Gasteiger partial charge in [0, 0.05) is 4.91 Å². The summed E-state index contributed by atoms with van der Waals surface area (Å²) in [7, 11) is -3.01. The quantitative estimate of drug-likeness (QED) is 0.548. The van der Waals surface area contributed by atoms with Crippen LogP contribution in [0.5, 0.6) is 0 Å². The van der Waals surface area contributed by atoms with Crippen molar-refractivity contribution in [1.82, 2.24) is 0 Å². The van der Waals surface area contributed by atoms with Gasteiger partial charge in [-0.15, -0.1) is 0 Å². The molecule has 2 nitrogen and oxygen atoms in total. The smallest absolute Gasteiger partial charge is 0.183 e. The van der Waals surface area contributed by atoms with Crippen LogP contribution < -0.4 is 0 Å². The summed E-state index contributed by atoms with van der Waals surface area (Å²) in [5.41, 5.74) is 0. The van der Waals surface area contributed by atoms with Crippen LogP contribution in [-0.2, 0) is 9.84 Å². The largest absolute Gasteiger partial charge is 0.223 e. The first-order chi connectivity index (χ1) is 6.04. The minimum Gasteiger partial charge on any atom is -0.223 e. The highest BCUT2D eigenvalue weighted by Crippen LogP contribution is 2.11. The second kappa shape index (κ2) is 6.60. The second-order valence-electron chi connectivity index (χ2n) is 3.03. The number of hydrogen-bond acceptors (Lipinski definition) is 2. The summed E-state index contributed by atoms with van der Waals surface area (Å²) >= 11 is 2.97. The van der Waals surface area contributed by atoms with Crippen molar-refractivity contribution in [3.63, 3.8) is 0 Å². The van der Waals surface area contributed by atoms with Crippen molar-refractivity contribution in [2.24, 2.45) is 0 Å². The molecule has 0 unspecified atom stereocenters. The molecule has 0 saturated carbocycles. The fourth-order valence-electron chi connectivity index (χ4n) is 0.913. The Labute approximate surface area is 89.5 Å². The van der Waals surface area contributed by atoms with Gasteiger partial charge in [-0.1, -0.05) is 41.8 Å². The molecule has 0 rings (SSSR count). The third kappa shape index (κ3) is 5.47. The van der Waals surface area contributed by atoms with E-state index in [-0.39, 0.29) is 4.66 Å². The minimum atomic E-state index is -3.01. The topological polar surface area (TPSA) is 34.1 Å². The Morgan fingerprint density at radius 2 is 2.00 bits per heavy atom. The lowest BCUT2D eigenvalue weighted by atomic mass is 10.2. The Kier molecular flexibility index (Phi) is 6.68. The average Bonchev–Trinajstić information content (AvgIpc) is 2.12. The van der Waals surface area contributed by atoms with E-state index in [1.807, 2.05) is 6.08 Å². The molecule has 0 aliphatic heterocycles. The van der Waals surface area contributed by atoms with E-state index in [1.165, 1.54) is 0 Å². The van der Waals surface area contributed by atoms with Crippen molar-refractivity contribution in [3.05, 3.63) is 11.0 Å². The number of rotatable bonds is 6. The van der Waals surface area contributed by atoms with Crippen LogP contribution in [-0.4, -0.2) is 13.1 Å². The van der Waals surface area contributed by atoms with Gasteiger partial charge in [-0.25, -0.2) is 8.42 Å². The molecule has 0 N–H and O–H groups in total. The SMILES string of the molecule is CCCCCC=C(C)S(=O)(=O)CBr. The highest BCUT2D eigenvalue weighted by molar-refractivity contribution is 9.10. The monoisotopic (exact) mass is 268 g/mol. The van der Waals surface area contributed by atoms with Gasteiger partial charge in [0.1, 0.15) is 4.66 Å². The number of allylic oxidation sites excluding steroid dienone is 2. The zero-order valence-electron chi connectivity index (χ0n) is 8.22. The molecule has 0 bridgehead atoms. The highest BCUT2D eigenvalue weighted by atomic mass is 79.9. The molecule has 0 fully saturated rings. The first kappa shape index (κ1) is 13.2. The Morgan fingerprint density at radius 1 is 1.38 bits per heavy atom. The van der Waals surface area contributed by atoms with Gasteiger partial charge in [-0.2, -0.15) is 0 Å². The van der Waals surface area contributed by atoms with Crippen LogP contribution in [0.3, 0.4) is 0 Å². The summed E-state index contributed by atoms with van der Waals surface area (Å²) in [4.78, 5) is 0.487. The number of alkyl halides is 1. The molecule has 0 heterocycles. The summed E-state index contributed by atoms with van der Waals surface area (Å²) in [5, 5.41) is 0. The Hall–Kier alpha value is 0.170. The number of sulfone groups is 1. The minimum absolute atomic E-state index is 0.0239. The van der Waals surface area contributed by atoms with E-state index in [0.29, 0.717) is 4.91 Å². The van der Waals surface area contributed by atoms with Gasteiger partial charge < -0.3 is 0 Å². The van der Waals surface area contributed by atoms with Gasteiger partial charge in [0.25, 0.3) is 0 Å². The molecular weight excluding hydrogens is 252 g/mol. The number of halogens is 1. The molecule has 0 saturated heterocycles. The third-order valence-corrected chi connectivity index (χ3v) is 5.12. The fraction of sp³-hybridized carbons (Fsp3) is 0.778. The molecule has 13 heavy (non-hydrogen) atoms. The average molecular weight is 269 g/mol. The zero-order valence-corrected chi connectivity index (χ0v) is 10.6. The maximum Gasteiger partial charge on any atom is 0.183 e. The van der Waals surface area contributed by atoms with E-state index in [0.717, 1.165) is 25.7 Å². The maximum atomic E-state index is 11.2. The van der Waals surface area contributed by atoms with Gasteiger partial charge in [0.2, 0.25) is 0 Å². The zero-order chi connectivity index (χ0) is 10.3. The predicted molar refractivity (Wildman–Crippen MR) is 60.6 cm³/mol. The highest BCUT2D eigenvalue weighted by Gasteiger charge is 2.09. The van der Waals surface area contributed by atoms with E-state index in [4.69, 9.17) is 0 Å². The summed E-state index contributed by atoms with van der Waals surface area (Å²) in [6, 6.07) is 0.